The van der Waals surface area contributed by atoms with Gasteiger partial charge in [-0.2, -0.15) is 4.37 Å². The van der Waals surface area contributed by atoms with Crippen LogP contribution in [0.4, 0.5) is 10.8 Å². The number of aromatic nitrogens is 1. The Hall–Kier alpha value is -1.35. The van der Waals surface area contributed by atoms with E-state index in [-0.39, 0.29) is 22.4 Å². The predicted octanol–water partition coefficient (Wildman–Crippen LogP) is 1.19. The molecule has 1 aromatic rings. The zero-order valence-corrected chi connectivity index (χ0v) is 14.2. The Bertz CT molecular complexity index is 579. The summed E-state index contributed by atoms with van der Waals surface area (Å²) in [7, 11) is -3.43. The number of hydrogen-bond acceptors (Lipinski definition) is 7. The molecule has 1 amide bonds. The molecule has 0 saturated carbocycles. The number of carbonyl (C=O) groups is 1. The Morgan fingerprint density at radius 3 is 2.48 bits per heavy atom. The number of rotatable bonds is 8. The summed E-state index contributed by atoms with van der Waals surface area (Å²) in [4.78, 5) is 13.6. The average molecular weight is 334 g/mol. The van der Waals surface area contributed by atoms with Crippen LogP contribution in [0.5, 0.6) is 0 Å². The van der Waals surface area contributed by atoms with Gasteiger partial charge in [0.25, 0.3) is 0 Å². The number of amides is 1. The van der Waals surface area contributed by atoms with E-state index >= 15 is 0 Å². The average Bonchev–Trinajstić information content (AvgIpc) is 2.82. The van der Waals surface area contributed by atoms with Crippen molar-refractivity contribution in [3.63, 3.8) is 0 Å². The standard InChI is InChI=1S/C12H22N4O3S2/c1-4-16(5-2)9(17)7-8-14-12-10(11(13)15-20-12)21(18,19)6-3/h14H,4-8H2,1-3H3,(H2,13,15). The van der Waals surface area contributed by atoms with Crippen LogP contribution in [0.15, 0.2) is 4.90 Å². The highest BCUT2D eigenvalue weighted by Crippen LogP contribution is 2.32. The lowest BCUT2D eigenvalue weighted by atomic mass is 10.3. The zero-order valence-electron chi connectivity index (χ0n) is 12.5. The summed E-state index contributed by atoms with van der Waals surface area (Å²) in [5.74, 6) is 0.00664. The predicted molar refractivity (Wildman–Crippen MR) is 85.3 cm³/mol. The van der Waals surface area contributed by atoms with Gasteiger partial charge in [-0.3, -0.25) is 4.79 Å². The molecule has 0 fully saturated rings. The summed E-state index contributed by atoms with van der Waals surface area (Å²) in [6.45, 7) is 7.08. The van der Waals surface area contributed by atoms with Gasteiger partial charge in [-0.05, 0) is 25.4 Å². The van der Waals surface area contributed by atoms with Gasteiger partial charge in [0.2, 0.25) is 5.91 Å². The van der Waals surface area contributed by atoms with Gasteiger partial charge in [0.1, 0.15) is 9.90 Å². The zero-order chi connectivity index (χ0) is 16.0. The molecule has 1 heterocycles. The molecule has 0 radical (unpaired) electrons. The second kappa shape index (κ2) is 7.60. The SMILES string of the molecule is CCN(CC)C(=O)CCNc1snc(N)c1S(=O)(=O)CC. The van der Waals surface area contributed by atoms with E-state index in [0.29, 0.717) is 31.1 Å². The molecule has 3 N–H and O–H groups in total. The molecule has 0 aromatic carbocycles. The maximum Gasteiger partial charge on any atom is 0.224 e. The van der Waals surface area contributed by atoms with Crippen molar-refractivity contribution in [1.82, 2.24) is 9.27 Å². The van der Waals surface area contributed by atoms with Crippen molar-refractivity contribution in [2.45, 2.75) is 32.1 Å². The maximum atomic E-state index is 12.0. The molecule has 0 atom stereocenters. The molecule has 0 aliphatic rings. The Morgan fingerprint density at radius 1 is 1.33 bits per heavy atom. The molecule has 21 heavy (non-hydrogen) atoms. The Kier molecular flexibility index (Phi) is 6.41. The first-order chi connectivity index (χ1) is 9.87. The molecule has 0 aliphatic heterocycles. The van der Waals surface area contributed by atoms with Crippen molar-refractivity contribution in [2.75, 3.05) is 36.4 Å². The van der Waals surface area contributed by atoms with Crippen LogP contribution in [0.1, 0.15) is 27.2 Å². The highest BCUT2D eigenvalue weighted by Gasteiger charge is 2.23. The summed E-state index contributed by atoms with van der Waals surface area (Å²) in [6.07, 6.45) is 0.297. The molecule has 0 spiro atoms. The molecule has 9 heteroatoms. The third-order valence-corrected chi connectivity index (χ3v) is 5.85. The molecular formula is C12H22N4O3S2. The summed E-state index contributed by atoms with van der Waals surface area (Å²) >= 11 is 1.000. The Labute approximate surface area is 129 Å². The first kappa shape index (κ1) is 17.7. The lowest BCUT2D eigenvalue weighted by Crippen LogP contribution is -2.31. The monoisotopic (exact) mass is 334 g/mol. The highest BCUT2D eigenvalue weighted by molar-refractivity contribution is 7.91. The topological polar surface area (TPSA) is 105 Å². The number of hydrogen-bond donors (Lipinski definition) is 2. The van der Waals surface area contributed by atoms with Crippen molar-refractivity contribution in [3.8, 4) is 0 Å². The normalized spacial score (nSPS) is 11.4. The van der Waals surface area contributed by atoms with Crippen LogP contribution in [-0.4, -0.2) is 49.0 Å². The van der Waals surface area contributed by atoms with Gasteiger partial charge in [0, 0.05) is 26.1 Å². The van der Waals surface area contributed by atoms with Crippen LogP contribution in [-0.2, 0) is 14.6 Å². The smallest absolute Gasteiger partial charge is 0.224 e. The number of carbonyl (C=O) groups excluding carboxylic acids is 1. The molecule has 7 nitrogen and oxygen atoms in total. The van der Waals surface area contributed by atoms with E-state index < -0.39 is 9.84 Å². The lowest BCUT2D eigenvalue weighted by Gasteiger charge is -2.18. The fraction of sp³-hybridized carbons (Fsp3) is 0.667. The van der Waals surface area contributed by atoms with Crippen LogP contribution in [0, 0.1) is 0 Å². The van der Waals surface area contributed by atoms with Crippen LogP contribution in [0.25, 0.3) is 0 Å². The van der Waals surface area contributed by atoms with E-state index in [1.165, 1.54) is 0 Å². The number of nitrogens with one attached hydrogen (secondary N) is 1. The number of nitrogens with zero attached hydrogens (tertiary/aromatic N) is 2. The van der Waals surface area contributed by atoms with E-state index in [0.717, 1.165) is 11.5 Å². The molecule has 0 saturated heterocycles. The Morgan fingerprint density at radius 2 is 1.95 bits per heavy atom. The van der Waals surface area contributed by atoms with Crippen molar-refractivity contribution in [2.24, 2.45) is 0 Å². The first-order valence-corrected chi connectivity index (χ1v) is 9.29. The number of sulfone groups is 1. The molecule has 0 aliphatic carbocycles. The molecule has 0 bridgehead atoms. The van der Waals surface area contributed by atoms with Crippen molar-refractivity contribution < 1.29 is 13.2 Å². The summed E-state index contributed by atoms with van der Waals surface area (Å²) < 4.78 is 27.8. The molecule has 1 aromatic heterocycles. The summed E-state index contributed by atoms with van der Waals surface area (Å²) in [5, 5.41) is 3.36. The van der Waals surface area contributed by atoms with E-state index in [1.54, 1.807) is 11.8 Å². The van der Waals surface area contributed by atoms with E-state index in [2.05, 4.69) is 9.69 Å². The van der Waals surface area contributed by atoms with Crippen molar-refractivity contribution in [1.29, 1.82) is 0 Å². The fourth-order valence-corrected chi connectivity index (χ4v) is 4.06. The largest absolute Gasteiger partial charge is 0.382 e. The van der Waals surface area contributed by atoms with Gasteiger partial charge in [-0.25, -0.2) is 8.42 Å². The third-order valence-electron chi connectivity index (χ3n) is 3.11. The summed E-state index contributed by atoms with van der Waals surface area (Å²) in [6, 6.07) is 0. The fourth-order valence-electron chi connectivity index (χ4n) is 1.87. The second-order valence-corrected chi connectivity index (χ2v) is 7.36. The van der Waals surface area contributed by atoms with E-state index in [1.807, 2.05) is 13.8 Å². The van der Waals surface area contributed by atoms with Crippen LogP contribution in [0.2, 0.25) is 0 Å². The minimum Gasteiger partial charge on any atom is -0.382 e. The van der Waals surface area contributed by atoms with Gasteiger partial charge < -0.3 is 16.0 Å². The maximum absolute atomic E-state index is 12.0. The third kappa shape index (κ3) is 4.31. The molecule has 120 valence electrons. The highest BCUT2D eigenvalue weighted by atomic mass is 32.2. The van der Waals surface area contributed by atoms with Gasteiger partial charge in [-0.1, -0.05) is 6.92 Å². The number of nitrogen functional groups attached to an aromatic ring is 1. The van der Waals surface area contributed by atoms with Crippen LogP contribution < -0.4 is 11.1 Å². The molecular weight excluding hydrogens is 312 g/mol. The van der Waals surface area contributed by atoms with E-state index in [4.69, 9.17) is 5.73 Å². The lowest BCUT2D eigenvalue weighted by molar-refractivity contribution is -0.130. The minimum atomic E-state index is -3.43. The van der Waals surface area contributed by atoms with E-state index in [9.17, 15) is 13.2 Å². The van der Waals surface area contributed by atoms with Gasteiger partial charge >= 0.3 is 0 Å². The Balaban J connectivity index is 2.72. The number of anilines is 2. The van der Waals surface area contributed by atoms with Crippen LogP contribution in [0.3, 0.4) is 0 Å². The number of nitrogens with two attached hydrogens (primary N) is 1. The first-order valence-electron chi connectivity index (χ1n) is 6.86. The minimum absolute atomic E-state index is 0.0134. The van der Waals surface area contributed by atoms with Crippen molar-refractivity contribution >= 4 is 38.1 Å². The van der Waals surface area contributed by atoms with Gasteiger partial charge in [0.15, 0.2) is 15.7 Å². The summed E-state index contributed by atoms with van der Waals surface area (Å²) in [5.41, 5.74) is 5.63. The van der Waals surface area contributed by atoms with Crippen LogP contribution >= 0.6 is 11.5 Å². The van der Waals surface area contributed by atoms with Crippen molar-refractivity contribution in [3.05, 3.63) is 0 Å². The molecule has 0 unspecified atom stereocenters. The van der Waals surface area contributed by atoms with Gasteiger partial charge in [0.05, 0.1) is 5.75 Å². The molecule has 1 rings (SSSR count). The quantitative estimate of drug-likeness (QED) is 0.740. The van der Waals surface area contributed by atoms with Gasteiger partial charge in [-0.15, -0.1) is 0 Å². The second-order valence-electron chi connectivity index (χ2n) is 4.37.